The SMILES string of the molecule is [CH2+]SP([O-])(=S)SSP([O-])(=S)SSP([O-])(=S)SC. The lowest BCUT2D eigenvalue weighted by Gasteiger charge is -2.31. The van der Waals surface area contributed by atoms with Crippen molar-refractivity contribution < 1.29 is 14.7 Å². The Morgan fingerprint density at radius 3 is 1.53 bits per heavy atom. The molecule has 0 aliphatic rings. The summed E-state index contributed by atoms with van der Waals surface area (Å²) in [6.45, 7) is 0. The highest BCUT2D eigenvalue weighted by molar-refractivity contribution is 9.41. The van der Waals surface area contributed by atoms with Gasteiger partial charge in [-0.1, -0.05) is 77.1 Å². The maximum absolute atomic E-state index is 11.9. The molecule has 0 radical (unpaired) electrons. The number of rotatable bonds is 8. The van der Waals surface area contributed by atoms with Gasteiger partial charge in [0.05, 0.1) is 11.4 Å². The monoisotopic (exact) mass is 458 g/mol. The molecular formula is C2H5O3P3S9-2. The number of hydrogen-bond donors (Lipinski definition) is 0. The van der Waals surface area contributed by atoms with Crippen LogP contribution in [0.4, 0.5) is 0 Å². The zero-order chi connectivity index (χ0) is 13.7. The molecule has 0 spiro atoms. The molecule has 0 aromatic rings. The second kappa shape index (κ2) is 9.06. The normalized spacial score (nSPS) is 22.4. The molecule has 0 rings (SSSR count). The summed E-state index contributed by atoms with van der Waals surface area (Å²) in [6, 6.07) is 0. The Kier molecular flexibility index (Phi) is 11.1. The summed E-state index contributed by atoms with van der Waals surface area (Å²) >= 11 is 16.2. The summed E-state index contributed by atoms with van der Waals surface area (Å²) in [7, 11) is 3.24. The van der Waals surface area contributed by atoms with Crippen molar-refractivity contribution in [2.24, 2.45) is 0 Å². The van der Waals surface area contributed by atoms with E-state index in [9.17, 15) is 14.7 Å². The Morgan fingerprint density at radius 2 is 1.18 bits per heavy atom. The third-order valence-corrected chi connectivity index (χ3v) is 36.4. The van der Waals surface area contributed by atoms with Gasteiger partial charge < -0.3 is 14.7 Å². The minimum Gasteiger partial charge on any atom is -0.805 e. The zero-order valence-electron chi connectivity index (χ0n) is 7.95. The molecule has 0 saturated carbocycles. The van der Waals surface area contributed by atoms with E-state index < -0.39 is 14.0 Å². The van der Waals surface area contributed by atoms with Gasteiger partial charge in [0.15, 0.2) is 0 Å². The molecule has 0 aliphatic heterocycles. The minimum atomic E-state index is -3.10. The Labute approximate surface area is 139 Å². The van der Waals surface area contributed by atoms with Crippen LogP contribution in [0.15, 0.2) is 0 Å². The van der Waals surface area contributed by atoms with Crippen LogP contribution in [0.1, 0.15) is 0 Å². The molecule has 0 N–H and O–H groups in total. The van der Waals surface area contributed by atoms with Crippen molar-refractivity contribution in [2.75, 3.05) is 6.26 Å². The van der Waals surface area contributed by atoms with Gasteiger partial charge in [-0.3, -0.25) is 0 Å². The third-order valence-electron chi connectivity index (χ3n) is 0.814. The standard InChI is InChI=1S/C2H7O3P3S9/c1-12-6(3,9)14-16-8(5,11)17-15-7(4,10)13-2/h1H2,2H3,(H2-,3,4,5,9,10,11)/p-2. The molecule has 0 bridgehead atoms. The van der Waals surface area contributed by atoms with Crippen LogP contribution in [0.5, 0.6) is 0 Å². The maximum Gasteiger partial charge on any atom is 0.133 e. The first kappa shape index (κ1) is 20.8. The Hall–Kier alpha value is 3.80. The number of hydrogen-bond acceptors (Lipinski definition) is 12. The van der Waals surface area contributed by atoms with E-state index in [1.807, 2.05) is 0 Å². The Balaban J connectivity index is 4.28. The average Bonchev–Trinajstić information content (AvgIpc) is 2.25. The van der Waals surface area contributed by atoms with Crippen molar-refractivity contribution in [2.45, 2.75) is 0 Å². The van der Waals surface area contributed by atoms with Gasteiger partial charge in [0.2, 0.25) is 0 Å². The lowest BCUT2D eigenvalue weighted by Crippen LogP contribution is -1.93. The summed E-state index contributed by atoms with van der Waals surface area (Å²) in [5.41, 5.74) is 0. The van der Waals surface area contributed by atoms with E-state index in [0.29, 0.717) is 0 Å². The van der Waals surface area contributed by atoms with E-state index in [2.05, 4.69) is 6.26 Å². The summed E-state index contributed by atoms with van der Waals surface area (Å²) in [4.78, 5) is 34.9. The highest BCUT2D eigenvalue weighted by Gasteiger charge is 2.14. The molecule has 0 aromatic heterocycles. The fraction of sp³-hybridized carbons (Fsp3) is 0.500. The highest BCUT2D eigenvalue weighted by Crippen LogP contribution is 2.83. The lowest BCUT2D eigenvalue weighted by atomic mass is 12.0. The molecule has 15 heteroatoms. The smallest absolute Gasteiger partial charge is 0.133 e. The molecule has 0 heterocycles. The predicted octanol–water partition coefficient (Wildman–Crippen LogP) is 3.39. The van der Waals surface area contributed by atoms with Crippen molar-refractivity contribution in [3.8, 4) is 0 Å². The van der Waals surface area contributed by atoms with E-state index in [4.69, 9.17) is 35.4 Å². The first-order valence-corrected chi connectivity index (χ1v) is 21.5. The molecule has 0 fully saturated rings. The average molecular weight is 459 g/mol. The molecule has 3 unspecified atom stereocenters. The van der Waals surface area contributed by atoms with Crippen LogP contribution in [0, 0.1) is 6.26 Å². The van der Waals surface area contributed by atoms with Crippen molar-refractivity contribution in [3.63, 3.8) is 0 Å². The molecule has 3 atom stereocenters. The summed E-state index contributed by atoms with van der Waals surface area (Å²) in [5.74, 6) is 0. The zero-order valence-corrected chi connectivity index (χ0v) is 18.0. The summed E-state index contributed by atoms with van der Waals surface area (Å²) in [5, 5.41) is 0. The van der Waals surface area contributed by atoms with Gasteiger partial charge >= 0.3 is 0 Å². The fourth-order valence-corrected chi connectivity index (χ4v) is 38.1. The maximum atomic E-state index is 11.9. The lowest BCUT2D eigenvalue weighted by molar-refractivity contribution is -0.150. The molecule has 0 saturated heterocycles. The Bertz CT molecular complexity index is 352. The van der Waals surface area contributed by atoms with Crippen LogP contribution in [0.3, 0.4) is 0 Å². The van der Waals surface area contributed by atoms with E-state index >= 15 is 0 Å². The quantitative estimate of drug-likeness (QED) is 0.304. The largest absolute Gasteiger partial charge is 0.805 e. The molecule has 102 valence electrons. The molecule has 0 aliphatic carbocycles. The molecular weight excluding hydrogens is 454 g/mol. The molecule has 17 heavy (non-hydrogen) atoms. The third kappa shape index (κ3) is 11.1. The molecule has 0 aromatic carbocycles. The van der Waals surface area contributed by atoms with Crippen LogP contribution in [-0.4, -0.2) is 6.26 Å². The second-order valence-corrected chi connectivity index (χ2v) is 35.0. The van der Waals surface area contributed by atoms with E-state index in [1.165, 1.54) is 0 Å². The van der Waals surface area contributed by atoms with Gasteiger partial charge in [0.25, 0.3) is 0 Å². The van der Waals surface area contributed by atoms with Crippen molar-refractivity contribution >= 4 is 114 Å². The van der Waals surface area contributed by atoms with Gasteiger partial charge in [0.1, 0.15) is 6.26 Å². The van der Waals surface area contributed by atoms with E-state index in [-0.39, 0.29) is 0 Å². The fourth-order valence-electron chi connectivity index (χ4n) is 0.228. The van der Waals surface area contributed by atoms with E-state index in [1.54, 1.807) is 6.26 Å². The van der Waals surface area contributed by atoms with Gasteiger partial charge in [-0.2, -0.15) is 0 Å². The van der Waals surface area contributed by atoms with Gasteiger partial charge in [0, 0.05) is 9.34 Å². The van der Waals surface area contributed by atoms with Crippen LogP contribution < -0.4 is 14.7 Å². The van der Waals surface area contributed by atoms with Gasteiger partial charge in [-0.15, -0.1) is 11.4 Å². The van der Waals surface area contributed by atoms with Crippen LogP contribution in [0.25, 0.3) is 0 Å². The van der Waals surface area contributed by atoms with Gasteiger partial charge in [-0.25, -0.2) is 0 Å². The highest BCUT2D eigenvalue weighted by atomic mass is 33.8. The first-order valence-electron chi connectivity index (χ1n) is 3.22. The topological polar surface area (TPSA) is 69.2 Å². The van der Waals surface area contributed by atoms with Crippen LogP contribution in [0.2, 0.25) is 0 Å². The molecule has 0 amide bonds. The van der Waals surface area contributed by atoms with Crippen LogP contribution >= 0.6 is 78.4 Å². The van der Waals surface area contributed by atoms with Crippen molar-refractivity contribution in [1.82, 2.24) is 0 Å². The predicted molar refractivity (Wildman–Crippen MR) is 99.7 cm³/mol. The summed E-state index contributed by atoms with van der Waals surface area (Å²) < 4.78 is -8.87. The van der Waals surface area contributed by atoms with Crippen molar-refractivity contribution in [3.05, 3.63) is 6.26 Å². The minimum absolute atomic E-state index is 0.786. The molecule has 3 nitrogen and oxygen atoms in total. The first-order chi connectivity index (χ1) is 7.54. The van der Waals surface area contributed by atoms with Crippen molar-refractivity contribution in [1.29, 1.82) is 0 Å². The summed E-state index contributed by atoms with van der Waals surface area (Å²) in [6.07, 6.45) is 4.99. The van der Waals surface area contributed by atoms with Crippen LogP contribution in [-0.2, 0) is 35.4 Å². The second-order valence-electron chi connectivity index (χ2n) is 1.95. The van der Waals surface area contributed by atoms with Gasteiger partial charge in [-0.05, 0) is 10.9 Å². The van der Waals surface area contributed by atoms with E-state index in [0.717, 1.165) is 64.4 Å². The Morgan fingerprint density at radius 1 is 0.824 bits per heavy atom.